The summed E-state index contributed by atoms with van der Waals surface area (Å²) in [6.45, 7) is 1.77. The molecule has 19 heavy (non-hydrogen) atoms. The van der Waals surface area contributed by atoms with Gasteiger partial charge in [-0.1, -0.05) is 0 Å². The summed E-state index contributed by atoms with van der Waals surface area (Å²) >= 11 is 0. The van der Waals surface area contributed by atoms with Gasteiger partial charge < -0.3 is 24.8 Å². The summed E-state index contributed by atoms with van der Waals surface area (Å²) in [5, 5.41) is 0. The van der Waals surface area contributed by atoms with Crippen LogP contribution >= 0.6 is 0 Å². The lowest BCUT2D eigenvalue weighted by Gasteiger charge is -2.40. The number of benzene rings is 1. The van der Waals surface area contributed by atoms with Crippen LogP contribution < -0.4 is 15.4 Å². The molecule has 0 bridgehead atoms. The van der Waals surface area contributed by atoms with Gasteiger partial charge in [0.25, 0.3) is 0 Å². The zero-order valence-electron chi connectivity index (χ0n) is 11.8. The molecule has 1 saturated heterocycles. The smallest absolute Gasteiger partial charge is 0.170 e. The van der Waals surface area contributed by atoms with E-state index in [1.165, 1.54) is 0 Å². The van der Waals surface area contributed by atoms with Crippen LogP contribution in [0.3, 0.4) is 0 Å². The maximum absolute atomic E-state index is 5.83. The molecule has 0 radical (unpaired) electrons. The minimum Gasteiger partial charge on any atom is -0.495 e. The topological polar surface area (TPSA) is 57.0 Å². The van der Waals surface area contributed by atoms with E-state index in [9.17, 15) is 0 Å². The van der Waals surface area contributed by atoms with Crippen molar-refractivity contribution in [1.82, 2.24) is 0 Å². The summed E-state index contributed by atoms with van der Waals surface area (Å²) in [4.78, 5) is 2.29. The van der Waals surface area contributed by atoms with E-state index in [1.807, 2.05) is 18.2 Å². The molecule has 1 aliphatic rings. The van der Waals surface area contributed by atoms with Gasteiger partial charge in [0.1, 0.15) is 5.75 Å². The zero-order chi connectivity index (χ0) is 13.9. The lowest BCUT2D eigenvalue weighted by Crippen LogP contribution is -2.46. The van der Waals surface area contributed by atoms with Gasteiger partial charge in [0.05, 0.1) is 12.8 Å². The number of anilines is 2. The van der Waals surface area contributed by atoms with Crippen molar-refractivity contribution in [3.05, 3.63) is 18.2 Å². The number of nitrogens with two attached hydrogens (primary N) is 1. The van der Waals surface area contributed by atoms with Gasteiger partial charge in [-0.2, -0.15) is 0 Å². The summed E-state index contributed by atoms with van der Waals surface area (Å²) in [6, 6.07) is 5.87. The van der Waals surface area contributed by atoms with Crippen molar-refractivity contribution < 1.29 is 14.2 Å². The van der Waals surface area contributed by atoms with Gasteiger partial charge in [0.2, 0.25) is 0 Å². The molecule has 0 aromatic heterocycles. The van der Waals surface area contributed by atoms with Crippen molar-refractivity contribution in [2.24, 2.45) is 0 Å². The standard InChI is InChI=1S/C14H22N2O3/c1-17-13-10-11(4-5-12(13)15)16-8-6-14(18-2,19-3)7-9-16/h4-5,10H,6-9,15H2,1-3H3. The molecule has 1 heterocycles. The Bertz CT molecular complexity index is 423. The highest BCUT2D eigenvalue weighted by Gasteiger charge is 2.34. The molecule has 5 nitrogen and oxygen atoms in total. The Labute approximate surface area is 114 Å². The number of piperidine rings is 1. The van der Waals surface area contributed by atoms with Gasteiger partial charge in [-0.15, -0.1) is 0 Å². The van der Waals surface area contributed by atoms with E-state index in [2.05, 4.69) is 4.90 Å². The van der Waals surface area contributed by atoms with Gasteiger partial charge >= 0.3 is 0 Å². The van der Waals surface area contributed by atoms with E-state index in [-0.39, 0.29) is 0 Å². The minimum atomic E-state index is -0.436. The molecule has 106 valence electrons. The third-order valence-electron chi connectivity index (χ3n) is 3.85. The molecule has 1 aromatic carbocycles. The van der Waals surface area contributed by atoms with Crippen molar-refractivity contribution in [2.75, 3.05) is 45.1 Å². The number of ether oxygens (including phenoxy) is 3. The highest BCUT2D eigenvalue weighted by molar-refractivity contribution is 5.62. The Balaban J connectivity index is 2.09. The summed E-state index contributed by atoms with van der Waals surface area (Å²) in [7, 11) is 5.03. The SMILES string of the molecule is COc1cc(N2CCC(OC)(OC)CC2)ccc1N. The van der Waals surface area contributed by atoms with Crippen LogP contribution in [0.4, 0.5) is 11.4 Å². The Kier molecular flexibility index (Phi) is 4.17. The molecule has 0 aliphatic carbocycles. The lowest BCUT2D eigenvalue weighted by atomic mass is 10.0. The second-order valence-corrected chi connectivity index (χ2v) is 4.73. The average molecular weight is 266 g/mol. The first-order chi connectivity index (χ1) is 9.14. The maximum atomic E-state index is 5.83. The molecule has 1 aliphatic heterocycles. The number of hydrogen-bond donors (Lipinski definition) is 1. The Hall–Kier alpha value is -1.46. The van der Waals surface area contributed by atoms with Crippen molar-refractivity contribution in [3.8, 4) is 5.75 Å². The number of methoxy groups -OCH3 is 3. The van der Waals surface area contributed by atoms with E-state index in [1.54, 1.807) is 21.3 Å². The molecule has 2 N–H and O–H groups in total. The maximum Gasteiger partial charge on any atom is 0.170 e. The number of rotatable bonds is 4. The first-order valence-electron chi connectivity index (χ1n) is 6.43. The minimum absolute atomic E-state index is 0.436. The third kappa shape index (κ3) is 2.77. The van der Waals surface area contributed by atoms with Crippen LogP contribution in [-0.2, 0) is 9.47 Å². The highest BCUT2D eigenvalue weighted by atomic mass is 16.7. The molecule has 0 amide bonds. The quantitative estimate of drug-likeness (QED) is 0.666. The molecule has 1 fully saturated rings. The van der Waals surface area contributed by atoms with Crippen LogP contribution in [0.1, 0.15) is 12.8 Å². The summed E-state index contributed by atoms with van der Waals surface area (Å²) in [5.74, 6) is 0.279. The molecule has 1 aromatic rings. The monoisotopic (exact) mass is 266 g/mol. The predicted octanol–water partition coefficient (Wildman–Crippen LogP) is 1.87. The van der Waals surface area contributed by atoms with Gasteiger partial charge in [0.15, 0.2) is 5.79 Å². The van der Waals surface area contributed by atoms with Crippen LogP contribution in [0.2, 0.25) is 0 Å². The predicted molar refractivity (Wildman–Crippen MR) is 75.6 cm³/mol. The van der Waals surface area contributed by atoms with E-state index >= 15 is 0 Å². The van der Waals surface area contributed by atoms with Gasteiger partial charge in [0, 0.05) is 51.9 Å². The molecule has 0 spiro atoms. The lowest BCUT2D eigenvalue weighted by molar-refractivity contribution is -0.216. The van der Waals surface area contributed by atoms with E-state index in [0.717, 1.165) is 31.6 Å². The molecule has 5 heteroatoms. The van der Waals surface area contributed by atoms with E-state index in [4.69, 9.17) is 19.9 Å². The number of hydrogen-bond acceptors (Lipinski definition) is 5. The zero-order valence-corrected chi connectivity index (χ0v) is 11.8. The molecule has 0 saturated carbocycles. The second-order valence-electron chi connectivity index (χ2n) is 4.73. The molecular weight excluding hydrogens is 244 g/mol. The Morgan fingerprint density at radius 3 is 2.26 bits per heavy atom. The molecule has 0 unspecified atom stereocenters. The number of nitrogen functional groups attached to an aromatic ring is 1. The highest BCUT2D eigenvalue weighted by Crippen LogP contribution is 2.32. The van der Waals surface area contributed by atoms with Crippen molar-refractivity contribution in [2.45, 2.75) is 18.6 Å². The fourth-order valence-corrected chi connectivity index (χ4v) is 2.49. The van der Waals surface area contributed by atoms with Crippen molar-refractivity contribution in [1.29, 1.82) is 0 Å². The van der Waals surface area contributed by atoms with Crippen LogP contribution in [0.15, 0.2) is 18.2 Å². The fraction of sp³-hybridized carbons (Fsp3) is 0.571. The normalized spacial score (nSPS) is 18.4. The third-order valence-corrected chi connectivity index (χ3v) is 3.85. The first-order valence-corrected chi connectivity index (χ1v) is 6.43. The summed E-state index contributed by atoms with van der Waals surface area (Å²) in [6.07, 6.45) is 1.68. The van der Waals surface area contributed by atoms with Crippen molar-refractivity contribution >= 4 is 11.4 Å². The summed E-state index contributed by atoms with van der Waals surface area (Å²) in [5.41, 5.74) is 7.61. The second kappa shape index (κ2) is 5.67. The van der Waals surface area contributed by atoms with E-state index < -0.39 is 5.79 Å². The fourth-order valence-electron chi connectivity index (χ4n) is 2.49. The molecule has 2 rings (SSSR count). The largest absolute Gasteiger partial charge is 0.495 e. The van der Waals surface area contributed by atoms with Gasteiger partial charge in [-0.3, -0.25) is 0 Å². The van der Waals surface area contributed by atoms with Gasteiger partial charge in [-0.05, 0) is 12.1 Å². The molecule has 0 atom stereocenters. The number of nitrogens with zero attached hydrogens (tertiary/aromatic N) is 1. The first kappa shape index (κ1) is 14.0. The van der Waals surface area contributed by atoms with Gasteiger partial charge in [-0.25, -0.2) is 0 Å². The average Bonchev–Trinajstić information content (AvgIpc) is 2.48. The Morgan fingerprint density at radius 1 is 1.11 bits per heavy atom. The van der Waals surface area contributed by atoms with Crippen LogP contribution in [0.25, 0.3) is 0 Å². The van der Waals surface area contributed by atoms with Crippen LogP contribution in [0.5, 0.6) is 5.75 Å². The van der Waals surface area contributed by atoms with E-state index in [0.29, 0.717) is 11.4 Å². The van der Waals surface area contributed by atoms with Crippen LogP contribution in [-0.4, -0.2) is 40.2 Å². The Morgan fingerprint density at radius 2 is 1.74 bits per heavy atom. The van der Waals surface area contributed by atoms with Crippen molar-refractivity contribution in [3.63, 3.8) is 0 Å². The molecular formula is C14H22N2O3. The van der Waals surface area contributed by atoms with Crippen LogP contribution in [0, 0.1) is 0 Å². The summed E-state index contributed by atoms with van der Waals surface area (Å²) < 4.78 is 16.2.